The number of rotatable bonds is 6. The van der Waals surface area contributed by atoms with Crippen LogP contribution < -0.4 is 16.1 Å². The van der Waals surface area contributed by atoms with E-state index >= 15 is 0 Å². The van der Waals surface area contributed by atoms with Crippen molar-refractivity contribution < 1.29 is 27.7 Å². The number of amides is 2. The molecule has 62 heavy (non-hydrogen) atoms. The van der Waals surface area contributed by atoms with Gasteiger partial charge in [-0.15, -0.1) is 22.7 Å². The first-order valence-corrected chi connectivity index (χ1v) is 22.0. The van der Waals surface area contributed by atoms with E-state index in [9.17, 15) is 18.4 Å². The van der Waals surface area contributed by atoms with Crippen LogP contribution >= 0.6 is 38.6 Å². The standard InChI is InChI=1S/C20H16FN3OS.C15H21BN2O2.C11H7BrFNOS/c1-12-9-13-11-24(2)23-17(13)10-14(12)18-7-8-19(26-18)20(25)22-16-6-4-3-5-15(16)21;1-10-7-11-9-18(6)17-13(11)8-12(10)16-19-14(2,3)15(4,5)20-16;12-10-6-5-9(16-10)11(15)14-8-4-2-1-3-7(8)13/h3-11H,1-2H3,(H,22,25);7-9H,1-6H3;1-6H,(H,14,15). The highest BCUT2D eigenvalue weighted by Gasteiger charge is 2.52. The summed E-state index contributed by atoms with van der Waals surface area (Å²) in [6, 6.07) is 27.7. The number of fused-ring (bicyclic) bond motifs is 2. The van der Waals surface area contributed by atoms with Crippen molar-refractivity contribution in [3.8, 4) is 10.4 Å². The van der Waals surface area contributed by atoms with Crippen LogP contribution in [0.1, 0.15) is 58.2 Å². The largest absolute Gasteiger partial charge is 0.495 e. The van der Waals surface area contributed by atoms with E-state index < -0.39 is 11.6 Å². The van der Waals surface area contributed by atoms with Crippen LogP contribution in [-0.4, -0.2) is 49.7 Å². The van der Waals surface area contributed by atoms with Gasteiger partial charge in [-0.2, -0.15) is 10.2 Å². The van der Waals surface area contributed by atoms with Crippen molar-refractivity contribution in [2.24, 2.45) is 14.1 Å². The van der Waals surface area contributed by atoms with Gasteiger partial charge in [-0.25, -0.2) is 8.78 Å². The number of hydrogen-bond acceptors (Lipinski definition) is 8. The van der Waals surface area contributed by atoms with Crippen molar-refractivity contribution in [2.75, 3.05) is 10.6 Å². The second-order valence-electron chi connectivity index (χ2n) is 15.8. The number of benzene rings is 4. The number of thiophene rings is 2. The zero-order valence-electron chi connectivity index (χ0n) is 35.3. The lowest BCUT2D eigenvalue weighted by atomic mass is 9.76. The van der Waals surface area contributed by atoms with Crippen molar-refractivity contribution in [2.45, 2.75) is 52.7 Å². The van der Waals surface area contributed by atoms with Gasteiger partial charge < -0.3 is 19.9 Å². The summed E-state index contributed by atoms with van der Waals surface area (Å²) in [6.07, 6.45) is 4.00. The van der Waals surface area contributed by atoms with Crippen LogP contribution in [0.25, 0.3) is 32.2 Å². The van der Waals surface area contributed by atoms with Crippen LogP contribution in [-0.2, 0) is 23.4 Å². The van der Waals surface area contributed by atoms with Gasteiger partial charge in [0.05, 0.1) is 47.2 Å². The van der Waals surface area contributed by atoms with E-state index in [0.29, 0.717) is 9.75 Å². The number of hydrogen-bond donors (Lipinski definition) is 2. The van der Waals surface area contributed by atoms with Gasteiger partial charge in [0.15, 0.2) is 0 Å². The Balaban J connectivity index is 0.000000144. The van der Waals surface area contributed by atoms with Crippen LogP contribution in [0.3, 0.4) is 0 Å². The molecule has 5 heterocycles. The molecule has 8 aromatic rings. The molecule has 0 atom stereocenters. The number of aryl methyl sites for hydroxylation is 4. The molecule has 16 heteroatoms. The Hall–Kier alpha value is -5.52. The van der Waals surface area contributed by atoms with Gasteiger partial charge in [0.2, 0.25) is 0 Å². The Morgan fingerprint density at radius 3 is 1.68 bits per heavy atom. The lowest BCUT2D eigenvalue weighted by Crippen LogP contribution is -2.41. The molecular weight excluding hydrogens is 893 g/mol. The molecule has 1 aliphatic heterocycles. The normalized spacial score (nSPS) is 14.0. The summed E-state index contributed by atoms with van der Waals surface area (Å²) in [7, 11) is 3.50. The fourth-order valence-electron chi connectivity index (χ4n) is 6.66. The average molecular weight is 938 g/mol. The Labute approximate surface area is 375 Å². The van der Waals surface area contributed by atoms with Crippen LogP contribution in [0.5, 0.6) is 0 Å². The minimum absolute atomic E-state index is 0.179. The lowest BCUT2D eigenvalue weighted by Gasteiger charge is -2.32. The lowest BCUT2D eigenvalue weighted by molar-refractivity contribution is 0.00578. The van der Waals surface area contributed by atoms with E-state index in [1.165, 1.54) is 46.4 Å². The fourth-order valence-corrected chi connectivity index (χ4v) is 8.92. The van der Waals surface area contributed by atoms with Crippen molar-refractivity contribution in [1.82, 2.24) is 19.6 Å². The number of para-hydroxylation sites is 2. The van der Waals surface area contributed by atoms with E-state index in [-0.39, 0.29) is 41.5 Å². The predicted octanol–water partition coefficient (Wildman–Crippen LogP) is 11.1. The molecule has 318 valence electrons. The predicted molar refractivity (Wildman–Crippen MR) is 251 cm³/mol. The third kappa shape index (κ3) is 9.90. The molecule has 4 aromatic carbocycles. The van der Waals surface area contributed by atoms with Gasteiger partial charge in [0, 0.05) is 42.1 Å². The number of anilines is 2. The Bertz CT molecular complexity index is 2930. The molecule has 4 aromatic heterocycles. The Morgan fingerprint density at radius 1 is 0.677 bits per heavy atom. The highest BCUT2D eigenvalue weighted by atomic mass is 79.9. The molecule has 2 N–H and O–H groups in total. The fraction of sp³-hybridized carbons (Fsp3) is 0.217. The zero-order valence-corrected chi connectivity index (χ0v) is 38.6. The maximum Gasteiger partial charge on any atom is 0.495 e. The second-order valence-corrected chi connectivity index (χ2v) is 19.4. The number of carbonyl (C=O) groups excluding carboxylic acids is 2. The van der Waals surface area contributed by atoms with Gasteiger partial charge in [-0.3, -0.25) is 19.0 Å². The summed E-state index contributed by atoms with van der Waals surface area (Å²) in [5.74, 6) is -1.51. The molecule has 9 rings (SSSR count). The molecule has 2 amide bonds. The summed E-state index contributed by atoms with van der Waals surface area (Å²) in [5.41, 5.74) is 6.03. The van der Waals surface area contributed by atoms with Crippen molar-refractivity contribution in [3.05, 3.63) is 146 Å². The third-order valence-corrected chi connectivity index (χ3v) is 13.4. The minimum atomic E-state index is -0.450. The maximum absolute atomic E-state index is 13.7. The first-order chi connectivity index (χ1) is 29.4. The minimum Gasteiger partial charge on any atom is -0.399 e. The van der Waals surface area contributed by atoms with Crippen LogP contribution in [0.15, 0.2) is 113 Å². The van der Waals surface area contributed by atoms with E-state index in [1.54, 1.807) is 53.2 Å². The molecule has 10 nitrogen and oxygen atoms in total. The molecule has 1 fully saturated rings. The summed E-state index contributed by atoms with van der Waals surface area (Å²) in [4.78, 5) is 26.2. The smallest absolute Gasteiger partial charge is 0.399 e. The third-order valence-electron chi connectivity index (χ3n) is 10.6. The number of halogens is 3. The molecule has 0 bridgehead atoms. The Morgan fingerprint density at radius 2 is 1.16 bits per heavy atom. The van der Waals surface area contributed by atoms with Gasteiger partial charge in [-0.05, 0) is 147 Å². The SMILES string of the molecule is Cc1cc2cn(C)nc2cc1-c1ccc(C(=O)Nc2ccccc2F)s1.Cc1cc2cn(C)nc2cc1B1OC(C)(C)C(C)(C)O1.O=C(Nc1ccccc1F)c1ccc(Br)s1. The highest BCUT2D eigenvalue weighted by Crippen LogP contribution is 2.37. The molecule has 0 saturated carbocycles. The first kappa shape index (κ1) is 44.5. The van der Waals surface area contributed by atoms with Crippen LogP contribution in [0, 0.1) is 25.5 Å². The van der Waals surface area contributed by atoms with Crippen LogP contribution in [0.2, 0.25) is 0 Å². The molecule has 0 unspecified atom stereocenters. The molecular formula is C46H44BBrF2N6O4S2. The number of carbonyl (C=O) groups is 2. The van der Waals surface area contributed by atoms with Gasteiger partial charge in [-0.1, -0.05) is 29.8 Å². The summed E-state index contributed by atoms with van der Waals surface area (Å²) in [5, 5.41) is 16.3. The zero-order chi connectivity index (χ0) is 44.5. The quantitative estimate of drug-likeness (QED) is 0.161. The highest BCUT2D eigenvalue weighted by molar-refractivity contribution is 9.11. The topological polar surface area (TPSA) is 112 Å². The number of nitrogens with zero attached hydrogens (tertiary/aromatic N) is 4. The summed E-state index contributed by atoms with van der Waals surface area (Å²) >= 11 is 5.95. The van der Waals surface area contributed by atoms with Gasteiger partial charge >= 0.3 is 7.12 Å². The van der Waals surface area contributed by atoms with E-state index in [4.69, 9.17) is 9.31 Å². The molecule has 1 saturated heterocycles. The van der Waals surface area contributed by atoms with E-state index in [0.717, 1.165) is 47.1 Å². The Kier molecular flexibility index (Phi) is 13.0. The molecule has 0 radical (unpaired) electrons. The summed E-state index contributed by atoms with van der Waals surface area (Å²) < 4.78 is 43.7. The van der Waals surface area contributed by atoms with Gasteiger partial charge in [0.25, 0.3) is 11.8 Å². The first-order valence-electron chi connectivity index (χ1n) is 19.6. The average Bonchev–Trinajstić information content (AvgIpc) is 4.04. The number of nitrogens with one attached hydrogen (secondary N) is 2. The monoisotopic (exact) mass is 936 g/mol. The van der Waals surface area contributed by atoms with Gasteiger partial charge in [0.1, 0.15) is 11.6 Å². The maximum atomic E-state index is 13.7. The van der Waals surface area contributed by atoms with E-state index in [2.05, 4.69) is 89.6 Å². The van der Waals surface area contributed by atoms with Crippen molar-refractivity contribution in [3.63, 3.8) is 0 Å². The molecule has 0 spiro atoms. The molecule has 1 aliphatic rings. The van der Waals surface area contributed by atoms with E-state index in [1.807, 2.05) is 50.2 Å². The van der Waals surface area contributed by atoms with Crippen molar-refractivity contribution >= 4 is 96.2 Å². The summed E-state index contributed by atoms with van der Waals surface area (Å²) in [6.45, 7) is 12.4. The molecule has 0 aliphatic carbocycles. The van der Waals surface area contributed by atoms with Crippen molar-refractivity contribution in [1.29, 1.82) is 0 Å². The van der Waals surface area contributed by atoms with Crippen LogP contribution in [0.4, 0.5) is 20.2 Å². The second kappa shape index (κ2) is 18.1. The number of aromatic nitrogens is 4.